The monoisotopic (exact) mass is 402 g/mol. The third-order valence-corrected chi connectivity index (χ3v) is 6.76. The van der Waals surface area contributed by atoms with Crippen molar-refractivity contribution in [2.45, 2.75) is 42.4 Å². The highest BCUT2D eigenvalue weighted by Gasteiger charge is 2.24. The lowest BCUT2D eigenvalue weighted by Crippen LogP contribution is -2.18. The summed E-state index contributed by atoms with van der Waals surface area (Å²) >= 11 is 2.94. The van der Waals surface area contributed by atoms with E-state index in [-0.39, 0.29) is 17.1 Å². The maximum absolute atomic E-state index is 13.0. The van der Waals surface area contributed by atoms with Crippen molar-refractivity contribution < 1.29 is 9.53 Å². The number of aromatic nitrogens is 3. The van der Waals surface area contributed by atoms with Gasteiger partial charge in [0.2, 0.25) is 5.13 Å². The number of anilines is 1. The zero-order chi connectivity index (χ0) is 18.8. The number of hydrogen-bond donors (Lipinski definition) is 2. The summed E-state index contributed by atoms with van der Waals surface area (Å²) in [6.07, 6.45) is 2.47. The van der Waals surface area contributed by atoms with E-state index < -0.39 is 0 Å². The highest BCUT2D eigenvalue weighted by molar-refractivity contribution is 8.02. The number of rotatable bonds is 7. The Balaban J connectivity index is 1.41. The molecule has 4 rings (SSSR count). The molecule has 0 saturated carbocycles. The number of hydrogen-bond acceptors (Lipinski definition) is 7. The summed E-state index contributed by atoms with van der Waals surface area (Å²) < 4.78 is 6.40. The Bertz CT molecular complexity index is 946. The van der Waals surface area contributed by atoms with Gasteiger partial charge in [0, 0.05) is 35.3 Å². The molecule has 0 unspecified atom stereocenters. The maximum atomic E-state index is 13.0. The lowest BCUT2D eigenvalue weighted by atomic mass is 10.1. The molecule has 27 heavy (non-hydrogen) atoms. The summed E-state index contributed by atoms with van der Waals surface area (Å²) in [5, 5.41) is 13.2. The number of aromatic amines is 1. The van der Waals surface area contributed by atoms with Crippen molar-refractivity contribution in [3.63, 3.8) is 0 Å². The molecule has 0 bridgehead atoms. The van der Waals surface area contributed by atoms with Crippen molar-refractivity contribution >= 4 is 44.9 Å². The zero-order valence-corrected chi connectivity index (χ0v) is 17.0. The number of nitrogens with one attached hydrogen (secondary N) is 2. The first kappa shape index (κ1) is 18.5. The number of H-pyrrole nitrogens is 1. The Hall–Kier alpha value is -1.90. The number of ether oxygens (including phenoxy) is 1. The maximum Gasteiger partial charge on any atom is 0.206 e. The van der Waals surface area contributed by atoms with Crippen LogP contribution in [0.15, 0.2) is 28.6 Å². The quantitative estimate of drug-likeness (QED) is 0.453. The third-order valence-electron chi connectivity index (χ3n) is 4.70. The summed E-state index contributed by atoms with van der Waals surface area (Å²) in [6, 6.07) is 7.91. The van der Waals surface area contributed by atoms with Crippen LogP contribution in [0.1, 0.15) is 35.8 Å². The summed E-state index contributed by atoms with van der Waals surface area (Å²) in [4.78, 5) is 16.3. The third kappa shape index (κ3) is 4.02. The standard InChI is InChI=1S/C19H22N4O2S2/c1-11-16(14-7-3-4-8-15(14)21-11)17(24)12(2)26-19-23-22-18(27-19)20-10-13-6-5-9-25-13/h3-4,7-8,12-13,21H,5-6,9-10H2,1-2H3,(H,20,22)/t12-,13+/m0/s1. The molecular weight excluding hydrogens is 380 g/mol. The van der Waals surface area contributed by atoms with Gasteiger partial charge in [0.1, 0.15) is 0 Å². The van der Waals surface area contributed by atoms with Crippen LogP contribution in [0.25, 0.3) is 10.9 Å². The molecule has 142 valence electrons. The molecule has 3 heterocycles. The van der Waals surface area contributed by atoms with Crippen LogP contribution in [0.5, 0.6) is 0 Å². The summed E-state index contributed by atoms with van der Waals surface area (Å²) in [7, 11) is 0. The Morgan fingerprint density at radius 3 is 3.11 bits per heavy atom. The second-order valence-electron chi connectivity index (χ2n) is 6.68. The number of nitrogens with zero attached hydrogens (tertiary/aromatic N) is 2. The SMILES string of the molecule is Cc1[nH]c2ccccc2c1C(=O)[C@H](C)Sc1nnc(NC[C@H]2CCCO2)s1. The van der Waals surface area contributed by atoms with Gasteiger partial charge in [-0.3, -0.25) is 4.79 Å². The molecular formula is C19H22N4O2S2. The molecule has 1 aliphatic heterocycles. The fourth-order valence-electron chi connectivity index (χ4n) is 3.34. The van der Waals surface area contributed by atoms with E-state index in [1.807, 2.05) is 38.1 Å². The molecule has 0 aliphatic carbocycles. The molecule has 0 amide bonds. The number of Topliss-reactive ketones (excluding diaryl/α,β-unsaturated/α-hetero) is 1. The fraction of sp³-hybridized carbons (Fsp3) is 0.421. The van der Waals surface area contributed by atoms with E-state index in [1.165, 1.54) is 23.1 Å². The van der Waals surface area contributed by atoms with Crippen LogP contribution in [0.2, 0.25) is 0 Å². The van der Waals surface area contributed by atoms with Gasteiger partial charge < -0.3 is 15.0 Å². The summed E-state index contributed by atoms with van der Waals surface area (Å²) in [6.45, 7) is 5.47. The smallest absolute Gasteiger partial charge is 0.206 e. The molecule has 1 aliphatic rings. The predicted molar refractivity (Wildman–Crippen MR) is 110 cm³/mol. The van der Waals surface area contributed by atoms with Gasteiger partial charge in [-0.1, -0.05) is 41.3 Å². The number of thioether (sulfide) groups is 1. The van der Waals surface area contributed by atoms with Gasteiger partial charge in [0.05, 0.1) is 11.4 Å². The van der Waals surface area contributed by atoms with Crippen LogP contribution in [0.3, 0.4) is 0 Å². The lowest BCUT2D eigenvalue weighted by Gasteiger charge is -2.09. The van der Waals surface area contributed by atoms with Crippen molar-refractivity contribution in [2.24, 2.45) is 0 Å². The molecule has 6 nitrogen and oxygen atoms in total. The van der Waals surface area contributed by atoms with Crippen LogP contribution in [0, 0.1) is 6.92 Å². The Kier molecular flexibility index (Phi) is 5.47. The number of benzene rings is 1. The van der Waals surface area contributed by atoms with Crippen molar-refractivity contribution in [3.05, 3.63) is 35.5 Å². The van der Waals surface area contributed by atoms with Gasteiger partial charge in [0.25, 0.3) is 0 Å². The number of aryl methyl sites for hydroxylation is 1. The molecule has 8 heteroatoms. The Labute approximate surface area is 166 Å². The van der Waals surface area contributed by atoms with Crippen LogP contribution < -0.4 is 5.32 Å². The second kappa shape index (κ2) is 8.00. The fourth-order valence-corrected chi connectivity index (χ4v) is 5.30. The molecule has 1 saturated heterocycles. The molecule has 1 aromatic carbocycles. The minimum Gasteiger partial charge on any atom is -0.376 e. The second-order valence-corrected chi connectivity index (χ2v) is 9.25. The number of fused-ring (bicyclic) bond motifs is 1. The topological polar surface area (TPSA) is 79.9 Å². The number of carbonyl (C=O) groups is 1. The molecule has 1 fully saturated rings. The first-order valence-corrected chi connectivity index (χ1v) is 10.8. The molecule has 2 aromatic heterocycles. The van der Waals surface area contributed by atoms with Crippen molar-refractivity contribution in [1.82, 2.24) is 15.2 Å². The van der Waals surface area contributed by atoms with E-state index in [2.05, 4.69) is 20.5 Å². The van der Waals surface area contributed by atoms with E-state index in [0.29, 0.717) is 0 Å². The largest absolute Gasteiger partial charge is 0.376 e. The van der Waals surface area contributed by atoms with Crippen LogP contribution in [-0.2, 0) is 4.74 Å². The molecule has 3 aromatic rings. The van der Waals surface area contributed by atoms with E-state index in [9.17, 15) is 4.79 Å². The molecule has 0 spiro atoms. The van der Waals surface area contributed by atoms with Crippen molar-refractivity contribution in [2.75, 3.05) is 18.5 Å². The van der Waals surface area contributed by atoms with E-state index in [0.717, 1.165) is 57.6 Å². The molecule has 2 N–H and O–H groups in total. The van der Waals surface area contributed by atoms with Gasteiger partial charge >= 0.3 is 0 Å². The van der Waals surface area contributed by atoms with Gasteiger partial charge in [-0.05, 0) is 32.8 Å². The minimum absolute atomic E-state index is 0.110. The Morgan fingerprint density at radius 2 is 2.30 bits per heavy atom. The van der Waals surface area contributed by atoms with Crippen LogP contribution in [0.4, 0.5) is 5.13 Å². The molecule has 0 radical (unpaired) electrons. The average Bonchev–Trinajstić information content (AvgIpc) is 3.38. The van der Waals surface area contributed by atoms with Gasteiger partial charge in [-0.2, -0.15) is 0 Å². The first-order valence-electron chi connectivity index (χ1n) is 9.09. The predicted octanol–water partition coefficient (Wildman–Crippen LogP) is 4.28. The van der Waals surface area contributed by atoms with Gasteiger partial charge in [-0.15, -0.1) is 10.2 Å². The normalized spacial score (nSPS) is 18.1. The van der Waals surface area contributed by atoms with Gasteiger partial charge in [-0.25, -0.2) is 0 Å². The Morgan fingerprint density at radius 1 is 1.44 bits per heavy atom. The average molecular weight is 403 g/mol. The van der Waals surface area contributed by atoms with Crippen molar-refractivity contribution in [3.8, 4) is 0 Å². The first-order chi connectivity index (χ1) is 13.1. The van der Waals surface area contributed by atoms with E-state index >= 15 is 0 Å². The summed E-state index contributed by atoms with van der Waals surface area (Å²) in [5.41, 5.74) is 2.67. The minimum atomic E-state index is -0.234. The molecule has 2 atom stereocenters. The van der Waals surface area contributed by atoms with E-state index in [4.69, 9.17) is 4.74 Å². The number of carbonyl (C=O) groups excluding carboxylic acids is 1. The van der Waals surface area contributed by atoms with Crippen molar-refractivity contribution in [1.29, 1.82) is 0 Å². The van der Waals surface area contributed by atoms with Crippen LogP contribution >= 0.6 is 23.1 Å². The zero-order valence-electron chi connectivity index (χ0n) is 15.3. The number of ketones is 1. The lowest BCUT2D eigenvalue weighted by molar-refractivity contribution is 0.0995. The summed E-state index contributed by atoms with van der Waals surface area (Å²) in [5.74, 6) is 0.110. The van der Waals surface area contributed by atoms with Gasteiger partial charge in [0.15, 0.2) is 10.1 Å². The van der Waals surface area contributed by atoms with Crippen LogP contribution in [-0.4, -0.2) is 45.5 Å². The highest BCUT2D eigenvalue weighted by atomic mass is 32.2. The number of para-hydroxylation sites is 1. The highest BCUT2D eigenvalue weighted by Crippen LogP contribution is 2.32. The van der Waals surface area contributed by atoms with E-state index in [1.54, 1.807) is 0 Å².